The third-order valence-corrected chi connectivity index (χ3v) is 3.71. The molecule has 0 bridgehead atoms. The van der Waals surface area contributed by atoms with Crippen molar-refractivity contribution in [2.75, 3.05) is 19.0 Å². The molecular weight excluding hydrogens is 196 g/mol. The highest BCUT2D eigenvalue weighted by Gasteiger charge is 2.24. The van der Waals surface area contributed by atoms with Crippen molar-refractivity contribution >= 4 is 16.9 Å². The first kappa shape index (κ1) is 10.3. The molecule has 0 aromatic carbocycles. The Kier molecular flexibility index (Phi) is 3.34. The van der Waals surface area contributed by atoms with Crippen LogP contribution in [0, 0.1) is 5.92 Å². The molecule has 0 radical (unpaired) electrons. The topological polar surface area (TPSA) is 33.6 Å². The van der Waals surface area contributed by atoms with E-state index in [1.807, 2.05) is 11.8 Å². The van der Waals surface area contributed by atoms with Crippen LogP contribution in [-0.4, -0.2) is 36.2 Å². The van der Waals surface area contributed by atoms with Gasteiger partial charge in [0.15, 0.2) is 5.17 Å². The molecule has 2 aliphatic rings. The van der Waals surface area contributed by atoms with Gasteiger partial charge in [-0.15, -0.1) is 0 Å². The van der Waals surface area contributed by atoms with Gasteiger partial charge in [-0.25, -0.2) is 0 Å². The zero-order chi connectivity index (χ0) is 9.97. The Morgan fingerprint density at radius 2 is 2.43 bits per heavy atom. The first-order chi connectivity index (χ1) is 6.75. The molecule has 2 heterocycles. The summed E-state index contributed by atoms with van der Waals surface area (Å²) in [6.07, 6.45) is 1.12. The van der Waals surface area contributed by atoms with Crippen molar-refractivity contribution in [1.29, 1.82) is 0 Å². The van der Waals surface area contributed by atoms with Crippen molar-refractivity contribution < 1.29 is 4.74 Å². The zero-order valence-electron chi connectivity index (χ0n) is 8.82. The van der Waals surface area contributed by atoms with Crippen molar-refractivity contribution in [3.05, 3.63) is 0 Å². The largest absolute Gasteiger partial charge is 0.379 e. The fourth-order valence-electron chi connectivity index (χ4n) is 1.63. The van der Waals surface area contributed by atoms with Gasteiger partial charge in [0, 0.05) is 12.4 Å². The number of amidine groups is 1. The number of nitrogens with zero attached hydrogens (tertiary/aromatic N) is 1. The summed E-state index contributed by atoms with van der Waals surface area (Å²) < 4.78 is 5.31. The van der Waals surface area contributed by atoms with Crippen molar-refractivity contribution in [2.45, 2.75) is 32.4 Å². The normalized spacial score (nSPS) is 32.4. The maximum absolute atomic E-state index is 5.31. The molecule has 0 spiro atoms. The smallest absolute Gasteiger partial charge is 0.157 e. The third-order valence-electron chi connectivity index (χ3n) is 2.70. The van der Waals surface area contributed by atoms with Crippen LogP contribution in [0.5, 0.6) is 0 Å². The molecule has 4 heteroatoms. The summed E-state index contributed by atoms with van der Waals surface area (Å²) >= 11 is 1.85. The molecule has 0 aromatic rings. The van der Waals surface area contributed by atoms with E-state index in [1.54, 1.807) is 0 Å². The molecule has 1 N–H and O–H groups in total. The number of aliphatic imine (C=N–C) groups is 1. The van der Waals surface area contributed by atoms with Gasteiger partial charge in [0.1, 0.15) is 0 Å². The van der Waals surface area contributed by atoms with Gasteiger partial charge in [-0.05, 0) is 12.3 Å². The van der Waals surface area contributed by atoms with Gasteiger partial charge in [0.05, 0.1) is 18.7 Å². The molecule has 0 saturated carbocycles. The minimum Gasteiger partial charge on any atom is -0.379 e. The van der Waals surface area contributed by atoms with E-state index in [0.29, 0.717) is 18.0 Å². The first-order valence-electron chi connectivity index (χ1n) is 5.30. The van der Waals surface area contributed by atoms with E-state index in [4.69, 9.17) is 4.74 Å². The minimum atomic E-state index is 0.493. The maximum Gasteiger partial charge on any atom is 0.157 e. The van der Waals surface area contributed by atoms with Crippen LogP contribution in [0.2, 0.25) is 0 Å². The average molecular weight is 214 g/mol. The lowest BCUT2D eigenvalue weighted by Crippen LogP contribution is -2.32. The molecule has 2 aliphatic heterocycles. The molecule has 0 aromatic heterocycles. The standard InChI is InChI=1S/C10H18N2OS/c1-7(2)9-6-14-10(12-9)11-8-3-4-13-5-8/h7-9H,3-6H2,1-2H3,(H,11,12)/t8?,9-/m1/s1. The predicted molar refractivity (Wildman–Crippen MR) is 60.9 cm³/mol. The van der Waals surface area contributed by atoms with Gasteiger partial charge < -0.3 is 10.1 Å². The third kappa shape index (κ3) is 2.42. The number of ether oxygens (including phenoxy) is 1. The summed E-state index contributed by atoms with van der Waals surface area (Å²) in [6, 6.07) is 0.997. The molecule has 1 fully saturated rings. The summed E-state index contributed by atoms with van der Waals surface area (Å²) in [7, 11) is 0. The first-order valence-corrected chi connectivity index (χ1v) is 6.29. The summed E-state index contributed by atoms with van der Waals surface area (Å²) in [5.41, 5.74) is 0. The number of hydrogen-bond donors (Lipinski definition) is 1. The Balaban J connectivity index is 1.83. The van der Waals surface area contributed by atoms with Crippen LogP contribution in [0.3, 0.4) is 0 Å². The molecule has 0 amide bonds. The van der Waals surface area contributed by atoms with E-state index in [9.17, 15) is 0 Å². The highest BCUT2D eigenvalue weighted by molar-refractivity contribution is 8.14. The maximum atomic E-state index is 5.31. The Morgan fingerprint density at radius 1 is 1.57 bits per heavy atom. The molecular formula is C10H18N2OS. The lowest BCUT2D eigenvalue weighted by Gasteiger charge is -2.10. The summed E-state index contributed by atoms with van der Waals surface area (Å²) in [4.78, 5) is 4.66. The van der Waals surface area contributed by atoms with E-state index in [-0.39, 0.29) is 0 Å². The van der Waals surface area contributed by atoms with Crippen molar-refractivity contribution in [1.82, 2.24) is 5.32 Å². The summed E-state index contributed by atoms with van der Waals surface area (Å²) in [5, 5.41) is 4.57. The second kappa shape index (κ2) is 4.53. The highest BCUT2D eigenvalue weighted by Crippen LogP contribution is 2.22. The van der Waals surface area contributed by atoms with Crippen LogP contribution >= 0.6 is 11.8 Å². The average Bonchev–Trinajstić information content (AvgIpc) is 2.75. The van der Waals surface area contributed by atoms with E-state index in [2.05, 4.69) is 24.2 Å². The number of hydrogen-bond acceptors (Lipinski definition) is 4. The Bertz CT molecular complexity index is 224. The number of thioether (sulfide) groups is 1. The molecule has 2 atom stereocenters. The monoisotopic (exact) mass is 214 g/mol. The molecule has 1 saturated heterocycles. The quantitative estimate of drug-likeness (QED) is 0.756. The van der Waals surface area contributed by atoms with Gasteiger partial charge >= 0.3 is 0 Å². The second-order valence-corrected chi connectivity index (χ2v) is 5.27. The summed E-state index contributed by atoms with van der Waals surface area (Å²) in [6.45, 7) is 6.20. The molecule has 80 valence electrons. The Morgan fingerprint density at radius 3 is 3.00 bits per heavy atom. The van der Waals surface area contributed by atoms with Gasteiger partial charge in [0.25, 0.3) is 0 Å². The number of nitrogens with one attached hydrogen (secondary N) is 1. The minimum absolute atomic E-state index is 0.493. The SMILES string of the molecule is CC(C)[C@H]1CSC(NC2CCOC2)=N1. The van der Waals surface area contributed by atoms with Crippen LogP contribution in [0.4, 0.5) is 0 Å². The Hall–Kier alpha value is -0.220. The van der Waals surface area contributed by atoms with E-state index < -0.39 is 0 Å². The van der Waals surface area contributed by atoms with Crippen LogP contribution in [0.15, 0.2) is 4.99 Å². The van der Waals surface area contributed by atoms with Gasteiger partial charge in [-0.3, -0.25) is 4.99 Å². The van der Waals surface area contributed by atoms with E-state index in [1.165, 1.54) is 0 Å². The van der Waals surface area contributed by atoms with Crippen LogP contribution in [0.25, 0.3) is 0 Å². The number of rotatable bonds is 2. The fraction of sp³-hybridized carbons (Fsp3) is 0.900. The van der Waals surface area contributed by atoms with E-state index in [0.717, 1.165) is 30.6 Å². The van der Waals surface area contributed by atoms with Crippen LogP contribution in [-0.2, 0) is 4.74 Å². The van der Waals surface area contributed by atoms with Gasteiger partial charge in [-0.1, -0.05) is 25.6 Å². The molecule has 3 nitrogen and oxygen atoms in total. The molecule has 0 aliphatic carbocycles. The fourth-order valence-corrected chi connectivity index (χ4v) is 2.88. The lowest BCUT2D eigenvalue weighted by molar-refractivity contribution is 0.192. The Labute approximate surface area is 89.7 Å². The molecule has 14 heavy (non-hydrogen) atoms. The molecule has 2 rings (SSSR count). The predicted octanol–water partition coefficient (Wildman–Crippen LogP) is 1.49. The van der Waals surface area contributed by atoms with E-state index >= 15 is 0 Å². The van der Waals surface area contributed by atoms with Crippen molar-refractivity contribution in [3.63, 3.8) is 0 Å². The van der Waals surface area contributed by atoms with Crippen molar-refractivity contribution in [2.24, 2.45) is 10.9 Å². The van der Waals surface area contributed by atoms with Gasteiger partial charge in [0.2, 0.25) is 0 Å². The molecule has 1 unspecified atom stereocenters. The van der Waals surface area contributed by atoms with Gasteiger partial charge in [-0.2, -0.15) is 0 Å². The van der Waals surface area contributed by atoms with Crippen LogP contribution < -0.4 is 5.32 Å². The van der Waals surface area contributed by atoms with Crippen molar-refractivity contribution in [3.8, 4) is 0 Å². The zero-order valence-corrected chi connectivity index (χ0v) is 9.64. The second-order valence-electron chi connectivity index (χ2n) is 4.26. The highest BCUT2D eigenvalue weighted by atomic mass is 32.2. The lowest BCUT2D eigenvalue weighted by atomic mass is 10.1. The summed E-state index contributed by atoms with van der Waals surface area (Å²) in [5.74, 6) is 1.79. The van der Waals surface area contributed by atoms with Crippen LogP contribution in [0.1, 0.15) is 20.3 Å².